The zero-order chi connectivity index (χ0) is 16.9. The molecule has 0 bridgehead atoms. The van der Waals surface area contributed by atoms with Crippen molar-refractivity contribution >= 4 is 23.5 Å². The SMILES string of the molecule is CN=C(N)NCCCNC(=O)C1(C(N)=O)Cc2cc[c]cc2N1. The van der Waals surface area contributed by atoms with Crippen LogP contribution >= 0.6 is 0 Å². The van der Waals surface area contributed by atoms with Crippen molar-refractivity contribution in [1.82, 2.24) is 10.6 Å². The summed E-state index contributed by atoms with van der Waals surface area (Å²) in [6.07, 6.45) is 0.864. The van der Waals surface area contributed by atoms with Gasteiger partial charge in [0.2, 0.25) is 0 Å². The third kappa shape index (κ3) is 3.53. The lowest BCUT2D eigenvalue weighted by Gasteiger charge is -2.25. The van der Waals surface area contributed by atoms with Gasteiger partial charge in [-0.25, -0.2) is 0 Å². The minimum atomic E-state index is -1.45. The number of anilines is 1. The van der Waals surface area contributed by atoms with Gasteiger partial charge < -0.3 is 27.4 Å². The van der Waals surface area contributed by atoms with Gasteiger partial charge in [0, 0.05) is 32.2 Å². The second-order valence-electron chi connectivity index (χ2n) is 5.30. The zero-order valence-corrected chi connectivity index (χ0v) is 13.0. The minimum absolute atomic E-state index is 0.228. The molecule has 0 saturated heterocycles. The molecule has 1 radical (unpaired) electrons. The van der Waals surface area contributed by atoms with E-state index in [4.69, 9.17) is 11.5 Å². The summed E-state index contributed by atoms with van der Waals surface area (Å²) in [6.45, 7) is 0.956. The maximum absolute atomic E-state index is 12.5. The first-order valence-electron chi connectivity index (χ1n) is 7.31. The maximum atomic E-state index is 12.5. The number of carbonyl (C=O) groups is 2. The lowest BCUT2D eigenvalue weighted by molar-refractivity contribution is -0.134. The van der Waals surface area contributed by atoms with E-state index in [9.17, 15) is 9.59 Å². The second-order valence-corrected chi connectivity index (χ2v) is 5.30. The van der Waals surface area contributed by atoms with E-state index in [2.05, 4.69) is 27.0 Å². The molecule has 2 rings (SSSR count). The van der Waals surface area contributed by atoms with Crippen LogP contribution in [0, 0.1) is 6.07 Å². The van der Waals surface area contributed by atoms with Gasteiger partial charge in [-0.3, -0.25) is 14.6 Å². The molecule has 8 heteroatoms. The number of nitrogens with zero attached hydrogens (tertiary/aromatic N) is 1. The van der Waals surface area contributed by atoms with Crippen molar-refractivity contribution < 1.29 is 9.59 Å². The monoisotopic (exact) mass is 317 g/mol. The van der Waals surface area contributed by atoms with E-state index in [1.54, 1.807) is 19.2 Å². The molecule has 1 aromatic carbocycles. The normalized spacial score (nSPS) is 19.6. The van der Waals surface area contributed by atoms with E-state index >= 15 is 0 Å². The largest absolute Gasteiger partial charge is 0.370 e. The summed E-state index contributed by atoms with van der Waals surface area (Å²) in [5.74, 6) is -0.792. The van der Waals surface area contributed by atoms with Crippen LogP contribution in [0.15, 0.2) is 23.2 Å². The number of carbonyl (C=O) groups excluding carboxylic acids is 2. The van der Waals surface area contributed by atoms with E-state index in [1.165, 1.54) is 0 Å². The summed E-state index contributed by atoms with van der Waals surface area (Å²) in [7, 11) is 1.58. The number of primary amides is 1. The fraction of sp³-hybridized carbons (Fsp3) is 0.400. The Morgan fingerprint density at radius 1 is 1.39 bits per heavy atom. The Labute approximate surface area is 134 Å². The van der Waals surface area contributed by atoms with Crippen LogP contribution in [0.25, 0.3) is 0 Å². The van der Waals surface area contributed by atoms with E-state index in [-0.39, 0.29) is 6.42 Å². The molecule has 0 fully saturated rings. The number of aliphatic imine (C=N–C) groups is 1. The van der Waals surface area contributed by atoms with Gasteiger partial charge in [-0.2, -0.15) is 0 Å². The Balaban J connectivity index is 1.93. The quantitative estimate of drug-likeness (QED) is 0.193. The molecule has 2 amide bonds. The van der Waals surface area contributed by atoms with E-state index < -0.39 is 17.4 Å². The molecule has 1 aliphatic rings. The molecule has 123 valence electrons. The van der Waals surface area contributed by atoms with Crippen LogP contribution in [0.4, 0.5) is 5.69 Å². The Hall–Kier alpha value is -2.77. The smallest absolute Gasteiger partial charge is 0.255 e. The summed E-state index contributed by atoms with van der Waals surface area (Å²) < 4.78 is 0. The van der Waals surface area contributed by atoms with E-state index in [1.807, 2.05) is 6.07 Å². The van der Waals surface area contributed by atoms with Gasteiger partial charge in [0.1, 0.15) is 0 Å². The molecule has 23 heavy (non-hydrogen) atoms. The standard InChI is InChI=1S/C15H21N6O2/c1-18-14(17)20-8-4-7-19-13(23)15(12(16)22)9-10-5-2-3-6-11(10)21-15/h2,5-6,21H,4,7-9H2,1H3,(H2,16,22)(H,19,23)(H3,17,18,20). The van der Waals surface area contributed by atoms with Crippen LogP contribution < -0.4 is 27.4 Å². The van der Waals surface area contributed by atoms with Crippen molar-refractivity contribution in [1.29, 1.82) is 0 Å². The summed E-state index contributed by atoms with van der Waals surface area (Å²) >= 11 is 0. The fourth-order valence-electron chi connectivity index (χ4n) is 2.43. The number of amides is 2. The van der Waals surface area contributed by atoms with Gasteiger partial charge in [-0.15, -0.1) is 0 Å². The predicted molar refractivity (Wildman–Crippen MR) is 87.7 cm³/mol. The Morgan fingerprint density at radius 2 is 2.13 bits per heavy atom. The van der Waals surface area contributed by atoms with Crippen LogP contribution in [0.2, 0.25) is 0 Å². The minimum Gasteiger partial charge on any atom is -0.370 e. The second kappa shape index (κ2) is 6.99. The van der Waals surface area contributed by atoms with Crippen LogP contribution in [0.3, 0.4) is 0 Å². The molecule has 1 aliphatic heterocycles. The van der Waals surface area contributed by atoms with Gasteiger partial charge >= 0.3 is 0 Å². The number of benzene rings is 1. The first-order valence-corrected chi connectivity index (χ1v) is 7.31. The van der Waals surface area contributed by atoms with Gasteiger partial charge in [-0.05, 0) is 24.1 Å². The molecule has 1 unspecified atom stereocenters. The Kier molecular flexibility index (Phi) is 5.05. The summed E-state index contributed by atoms with van der Waals surface area (Å²) in [5.41, 5.74) is 11.1. The molecule has 0 aliphatic carbocycles. The number of nitrogens with two attached hydrogens (primary N) is 2. The lowest BCUT2D eigenvalue weighted by Crippen LogP contribution is -2.60. The van der Waals surface area contributed by atoms with Crippen LogP contribution in [0.1, 0.15) is 12.0 Å². The number of hydrogen-bond acceptors (Lipinski definition) is 4. The van der Waals surface area contributed by atoms with Crippen molar-refractivity contribution in [2.24, 2.45) is 16.5 Å². The first kappa shape index (κ1) is 16.6. The molecule has 0 saturated carbocycles. The van der Waals surface area contributed by atoms with E-state index in [0.717, 1.165) is 5.56 Å². The van der Waals surface area contributed by atoms with Crippen molar-refractivity contribution in [2.45, 2.75) is 18.4 Å². The number of hydrogen-bond donors (Lipinski definition) is 5. The number of rotatable bonds is 6. The van der Waals surface area contributed by atoms with Gasteiger partial charge in [0.25, 0.3) is 11.8 Å². The van der Waals surface area contributed by atoms with Gasteiger partial charge in [0.05, 0.1) is 0 Å². The van der Waals surface area contributed by atoms with Crippen molar-refractivity contribution in [3.8, 4) is 0 Å². The highest BCUT2D eigenvalue weighted by Gasteiger charge is 2.48. The Morgan fingerprint density at radius 3 is 2.78 bits per heavy atom. The number of guanidine groups is 1. The Bertz CT molecular complexity index is 603. The fourth-order valence-corrected chi connectivity index (χ4v) is 2.43. The molecule has 0 aromatic heterocycles. The zero-order valence-electron chi connectivity index (χ0n) is 13.0. The average Bonchev–Trinajstić information content (AvgIpc) is 2.95. The lowest BCUT2D eigenvalue weighted by atomic mass is 9.93. The van der Waals surface area contributed by atoms with Gasteiger partial charge in [-0.1, -0.05) is 12.1 Å². The number of fused-ring (bicyclic) bond motifs is 1. The van der Waals surface area contributed by atoms with Crippen molar-refractivity contribution in [3.05, 3.63) is 29.8 Å². The first-order chi connectivity index (χ1) is 11.0. The topological polar surface area (TPSA) is 135 Å². The third-order valence-electron chi connectivity index (χ3n) is 3.75. The maximum Gasteiger partial charge on any atom is 0.255 e. The highest BCUT2D eigenvalue weighted by molar-refractivity contribution is 6.13. The highest BCUT2D eigenvalue weighted by atomic mass is 16.2. The summed E-state index contributed by atoms with van der Waals surface area (Å²) in [6, 6.07) is 8.16. The third-order valence-corrected chi connectivity index (χ3v) is 3.75. The highest BCUT2D eigenvalue weighted by Crippen LogP contribution is 2.32. The molecule has 7 N–H and O–H groups in total. The van der Waals surface area contributed by atoms with E-state index in [0.29, 0.717) is 31.2 Å². The number of nitrogens with one attached hydrogen (secondary N) is 3. The summed E-state index contributed by atoms with van der Waals surface area (Å²) in [5, 5.41) is 8.57. The summed E-state index contributed by atoms with van der Waals surface area (Å²) in [4.78, 5) is 28.1. The van der Waals surface area contributed by atoms with Crippen molar-refractivity contribution in [2.75, 3.05) is 25.5 Å². The van der Waals surface area contributed by atoms with Crippen LogP contribution in [0.5, 0.6) is 0 Å². The molecular weight excluding hydrogens is 296 g/mol. The molecule has 1 heterocycles. The molecule has 0 spiro atoms. The van der Waals surface area contributed by atoms with Crippen LogP contribution in [-0.4, -0.2) is 43.5 Å². The average molecular weight is 317 g/mol. The van der Waals surface area contributed by atoms with Crippen molar-refractivity contribution in [3.63, 3.8) is 0 Å². The molecule has 1 atom stereocenters. The molecular formula is C15H21N6O2. The van der Waals surface area contributed by atoms with Gasteiger partial charge in [0.15, 0.2) is 11.5 Å². The molecule has 1 aromatic rings. The van der Waals surface area contributed by atoms with Crippen LogP contribution in [-0.2, 0) is 16.0 Å². The molecule has 8 nitrogen and oxygen atoms in total. The predicted octanol–water partition coefficient (Wildman–Crippen LogP) is -1.28.